The molecule has 0 amide bonds. The molecule has 0 aromatic carbocycles. The van der Waals surface area contributed by atoms with Gasteiger partial charge in [-0.15, -0.1) is 0 Å². The summed E-state index contributed by atoms with van der Waals surface area (Å²) in [4.78, 5) is 4.51. The van der Waals surface area contributed by atoms with Crippen LogP contribution in [0.4, 0.5) is 0 Å². The Morgan fingerprint density at radius 3 is 2.62 bits per heavy atom. The van der Waals surface area contributed by atoms with Crippen molar-refractivity contribution in [1.82, 2.24) is 4.98 Å². The third-order valence-electron chi connectivity index (χ3n) is 2.70. The highest BCUT2D eigenvalue weighted by Gasteiger charge is 2.31. The average Bonchev–Trinajstić information content (AvgIpc) is 2.61. The summed E-state index contributed by atoms with van der Waals surface area (Å²) in [7, 11) is -3.29. The second kappa shape index (κ2) is 3.42. The van der Waals surface area contributed by atoms with E-state index in [1.165, 1.54) is 6.20 Å². The first-order valence-corrected chi connectivity index (χ1v) is 6.71. The Kier molecular flexibility index (Phi) is 2.42. The van der Waals surface area contributed by atoms with Crippen LogP contribution < -0.4 is 0 Å². The summed E-state index contributed by atoms with van der Waals surface area (Å²) < 4.78 is 23.6. The smallest absolute Gasteiger partial charge is 0.184 e. The number of fused-ring (bicyclic) bond motifs is 1. The van der Waals surface area contributed by atoms with Gasteiger partial charge in [-0.3, -0.25) is 4.98 Å². The predicted octanol–water partition coefficient (Wildman–Crippen LogP) is 2.22. The molecular weight excluding hydrogens is 222 g/mol. The molecule has 1 aromatic heterocycles. The average molecular weight is 237 g/mol. The molecule has 1 aromatic rings. The summed E-state index contributed by atoms with van der Waals surface area (Å²) in [6.45, 7) is 5.10. The molecule has 1 aliphatic rings. The quantitative estimate of drug-likeness (QED) is 0.752. The molecule has 0 atom stereocenters. The van der Waals surface area contributed by atoms with Crippen molar-refractivity contribution in [2.75, 3.05) is 0 Å². The number of allylic oxidation sites excluding steroid dienone is 1. The van der Waals surface area contributed by atoms with Gasteiger partial charge in [0.25, 0.3) is 0 Å². The Morgan fingerprint density at radius 1 is 1.31 bits per heavy atom. The third-order valence-corrected chi connectivity index (χ3v) is 5.16. The number of aromatic nitrogens is 1. The maximum Gasteiger partial charge on any atom is 0.184 e. The van der Waals surface area contributed by atoms with Crippen molar-refractivity contribution in [2.45, 2.75) is 36.8 Å². The summed E-state index contributed by atoms with van der Waals surface area (Å²) in [6.07, 6.45) is 6.17. The number of hydrogen-bond acceptors (Lipinski definition) is 3. The summed E-state index contributed by atoms with van der Waals surface area (Å²) >= 11 is 0. The minimum absolute atomic E-state index is 0.310. The molecule has 0 fully saturated rings. The van der Waals surface area contributed by atoms with Crippen LogP contribution in [0.1, 0.15) is 32.0 Å². The van der Waals surface area contributed by atoms with E-state index in [4.69, 9.17) is 0 Å². The van der Waals surface area contributed by atoms with Gasteiger partial charge in [-0.25, -0.2) is 8.42 Å². The zero-order valence-electron chi connectivity index (χ0n) is 9.69. The predicted molar refractivity (Wildman–Crippen MR) is 63.9 cm³/mol. The molecule has 3 nitrogen and oxygen atoms in total. The molecule has 86 valence electrons. The molecule has 0 saturated carbocycles. The number of sulfone groups is 1. The number of nitrogens with zero attached hydrogens (tertiary/aromatic N) is 1. The van der Waals surface area contributed by atoms with Crippen molar-refractivity contribution in [2.24, 2.45) is 0 Å². The monoisotopic (exact) mass is 237 g/mol. The van der Waals surface area contributed by atoms with Crippen molar-refractivity contribution >= 4 is 15.9 Å². The number of pyridine rings is 1. The number of hydrogen-bond donors (Lipinski definition) is 0. The maximum atomic E-state index is 12.2. The zero-order chi connectivity index (χ0) is 12.0. The van der Waals surface area contributed by atoms with E-state index in [0.717, 1.165) is 17.7 Å². The molecule has 0 N–H and O–H groups in total. The molecule has 1 heterocycles. The van der Waals surface area contributed by atoms with Crippen LogP contribution in [0.25, 0.3) is 6.08 Å². The fraction of sp³-hybridized carbons (Fsp3) is 0.417. The van der Waals surface area contributed by atoms with Crippen molar-refractivity contribution in [1.29, 1.82) is 0 Å². The van der Waals surface area contributed by atoms with Gasteiger partial charge >= 0.3 is 0 Å². The van der Waals surface area contributed by atoms with Gasteiger partial charge in [-0.2, -0.15) is 0 Å². The van der Waals surface area contributed by atoms with Gasteiger partial charge in [0.15, 0.2) is 9.84 Å². The van der Waals surface area contributed by atoms with Crippen molar-refractivity contribution in [3.05, 3.63) is 29.6 Å². The second-order valence-corrected chi connectivity index (χ2v) is 7.63. The first-order valence-electron chi connectivity index (χ1n) is 5.22. The molecule has 2 rings (SSSR count). The molecule has 4 heteroatoms. The van der Waals surface area contributed by atoms with Crippen LogP contribution in [0.2, 0.25) is 0 Å². The highest BCUT2D eigenvalue weighted by Crippen LogP contribution is 2.27. The lowest BCUT2D eigenvalue weighted by Gasteiger charge is -2.19. The molecule has 0 unspecified atom stereocenters. The van der Waals surface area contributed by atoms with Crippen LogP contribution in [-0.2, 0) is 16.3 Å². The normalized spacial score (nSPS) is 15.2. The molecule has 0 bridgehead atoms. The van der Waals surface area contributed by atoms with E-state index < -0.39 is 14.6 Å². The topological polar surface area (TPSA) is 47.0 Å². The number of rotatable bonds is 1. The maximum absolute atomic E-state index is 12.2. The van der Waals surface area contributed by atoms with Gasteiger partial charge in [0.1, 0.15) is 0 Å². The minimum atomic E-state index is -3.29. The van der Waals surface area contributed by atoms with E-state index in [9.17, 15) is 8.42 Å². The molecule has 16 heavy (non-hydrogen) atoms. The first kappa shape index (κ1) is 11.3. The van der Waals surface area contributed by atoms with E-state index in [1.54, 1.807) is 26.8 Å². The van der Waals surface area contributed by atoms with Gasteiger partial charge in [-0.05, 0) is 32.4 Å². The van der Waals surface area contributed by atoms with Crippen molar-refractivity contribution in [3.63, 3.8) is 0 Å². The lowest BCUT2D eigenvalue weighted by molar-refractivity contribution is 0.559. The molecule has 0 spiro atoms. The van der Waals surface area contributed by atoms with Crippen LogP contribution in [0.15, 0.2) is 23.2 Å². The summed E-state index contributed by atoms with van der Waals surface area (Å²) in [6, 6.07) is 1.71. The second-order valence-electron chi connectivity index (χ2n) is 4.93. The Labute approximate surface area is 96.1 Å². The van der Waals surface area contributed by atoms with Crippen molar-refractivity contribution < 1.29 is 8.42 Å². The van der Waals surface area contributed by atoms with Crippen LogP contribution >= 0.6 is 0 Å². The molecule has 0 aliphatic heterocycles. The highest BCUT2D eigenvalue weighted by atomic mass is 32.2. The minimum Gasteiger partial charge on any atom is -0.259 e. The van der Waals surface area contributed by atoms with Gasteiger partial charge in [0.05, 0.1) is 15.3 Å². The molecule has 0 radical (unpaired) electrons. The largest absolute Gasteiger partial charge is 0.259 e. The Bertz CT molecular complexity index is 551. The third kappa shape index (κ3) is 1.67. The SMILES string of the molecule is CC(C)(C)S(=O)(=O)c1cnc2c(c1)C=CC2. The van der Waals surface area contributed by atoms with Crippen molar-refractivity contribution in [3.8, 4) is 0 Å². The van der Waals surface area contributed by atoms with Crippen LogP contribution in [0.3, 0.4) is 0 Å². The van der Waals surface area contributed by atoms with Crippen LogP contribution in [-0.4, -0.2) is 18.1 Å². The Morgan fingerprint density at radius 2 is 2.00 bits per heavy atom. The van der Waals surface area contributed by atoms with Crippen LogP contribution in [0, 0.1) is 0 Å². The molecule has 0 saturated heterocycles. The van der Waals surface area contributed by atoms with Gasteiger partial charge in [0.2, 0.25) is 0 Å². The summed E-state index contributed by atoms with van der Waals surface area (Å²) in [5, 5.41) is 0. The lowest BCUT2D eigenvalue weighted by atomic mass is 10.2. The molecule has 1 aliphatic carbocycles. The van der Waals surface area contributed by atoms with Crippen LogP contribution in [0.5, 0.6) is 0 Å². The van der Waals surface area contributed by atoms with E-state index >= 15 is 0 Å². The standard InChI is InChI=1S/C12H15NO2S/c1-12(2,3)16(14,15)10-7-9-5-4-6-11(9)13-8-10/h4-5,7-8H,6H2,1-3H3. The van der Waals surface area contributed by atoms with E-state index in [1.807, 2.05) is 12.2 Å². The Hall–Kier alpha value is -1.16. The highest BCUT2D eigenvalue weighted by molar-refractivity contribution is 7.92. The lowest BCUT2D eigenvalue weighted by Crippen LogP contribution is -2.28. The van der Waals surface area contributed by atoms with Gasteiger partial charge < -0.3 is 0 Å². The fourth-order valence-corrected chi connectivity index (χ4v) is 2.78. The first-order chi connectivity index (χ1) is 7.32. The fourth-order valence-electron chi connectivity index (χ4n) is 1.60. The molecular formula is C12H15NO2S. The van der Waals surface area contributed by atoms with E-state index in [2.05, 4.69) is 4.98 Å². The Balaban J connectivity index is 2.55. The van der Waals surface area contributed by atoms with E-state index in [0.29, 0.717) is 4.90 Å². The zero-order valence-corrected chi connectivity index (χ0v) is 10.5. The summed E-state index contributed by atoms with van der Waals surface area (Å²) in [5.41, 5.74) is 1.87. The van der Waals surface area contributed by atoms with E-state index in [-0.39, 0.29) is 0 Å². The van der Waals surface area contributed by atoms with Gasteiger partial charge in [-0.1, -0.05) is 12.2 Å². The van der Waals surface area contributed by atoms with Gasteiger partial charge in [0, 0.05) is 12.6 Å². The summed E-state index contributed by atoms with van der Waals surface area (Å²) in [5.74, 6) is 0.